The molecule has 1 amide bonds. The van der Waals surface area contributed by atoms with E-state index >= 15 is 0 Å². The fraction of sp³-hybridized carbons (Fsp3) is 0.333. The van der Waals surface area contributed by atoms with Gasteiger partial charge in [-0.25, -0.2) is 17.8 Å². The second-order valence-electron chi connectivity index (χ2n) is 6.21. The number of rotatable bonds is 5. The third-order valence-corrected chi connectivity index (χ3v) is 6.15. The van der Waals surface area contributed by atoms with Crippen LogP contribution >= 0.6 is 0 Å². The molecule has 1 unspecified atom stereocenters. The van der Waals surface area contributed by atoms with Crippen molar-refractivity contribution in [1.82, 2.24) is 4.98 Å². The van der Waals surface area contributed by atoms with Gasteiger partial charge in [0.05, 0.1) is 23.4 Å². The summed E-state index contributed by atoms with van der Waals surface area (Å²) in [6, 6.07) is 8.80. The van der Waals surface area contributed by atoms with E-state index in [-0.39, 0.29) is 23.1 Å². The van der Waals surface area contributed by atoms with E-state index in [4.69, 9.17) is 0 Å². The molecule has 1 aliphatic heterocycles. The maximum atomic E-state index is 13.2. The van der Waals surface area contributed by atoms with Gasteiger partial charge in [0.25, 0.3) is 5.91 Å². The largest absolute Gasteiger partial charge is 0.367 e. The molecule has 2 heterocycles. The molecular formula is C18H20FN3O3S. The van der Waals surface area contributed by atoms with E-state index in [2.05, 4.69) is 10.3 Å². The van der Waals surface area contributed by atoms with E-state index in [1.54, 1.807) is 18.3 Å². The highest BCUT2D eigenvalue weighted by molar-refractivity contribution is 7.91. The lowest BCUT2D eigenvalue weighted by Gasteiger charge is -2.28. The van der Waals surface area contributed by atoms with Gasteiger partial charge >= 0.3 is 0 Å². The number of carbonyl (C=O) groups excluding carboxylic acids is 1. The topological polar surface area (TPSA) is 79.4 Å². The van der Waals surface area contributed by atoms with Crippen molar-refractivity contribution in [2.75, 3.05) is 28.3 Å². The van der Waals surface area contributed by atoms with Crippen LogP contribution in [0, 0.1) is 5.82 Å². The number of aromatic nitrogens is 1. The fourth-order valence-corrected chi connectivity index (χ4v) is 4.85. The number of hydrogen-bond acceptors (Lipinski definition) is 5. The average Bonchev–Trinajstić information content (AvgIpc) is 2.96. The Morgan fingerprint density at radius 2 is 2.15 bits per heavy atom. The number of benzene rings is 1. The molecule has 3 rings (SSSR count). The maximum Gasteiger partial charge on any atom is 0.256 e. The average molecular weight is 377 g/mol. The molecule has 0 spiro atoms. The second-order valence-corrected chi connectivity index (χ2v) is 8.44. The standard InChI is InChI=1S/C18H20FN3O3S/c1-2-22(16-8-9-26(24,25)12-16)15-6-7-17(20-11-15)21-18(23)13-4-3-5-14(19)10-13/h3-7,10-11,16H,2,8-9,12H2,1H3,(H,20,21,23). The minimum Gasteiger partial charge on any atom is -0.367 e. The number of sulfone groups is 1. The quantitative estimate of drug-likeness (QED) is 0.866. The first kappa shape index (κ1) is 18.3. The number of pyridine rings is 1. The van der Waals surface area contributed by atoms with E-state index in [0.717, 1.165) is 11.8 Å². The second kappa shape index (κ2) is 7.41. The van der Waals surface area contributed by atoms with Crippen LogP contribution in [-0.2, 0) is 9.84 Å². The fourth-order valence-electron chi connectivity index (χ4n) is 3.12. The number of carbonyl (C=O) groups is 1. The summed E-state index contributed by atoms with van der Waals surface area (Å²) in [5.74, 6) is -0.217. The monoisotopic (exact) mass is 377 g/mol. The molecule has 0 bridgehead atoms. The normalized spacial score (nSPS) is 18.5. The Labute approximate surface area is 152 Å². The predicted octanol–water partition coefficient (Wildman–Crippen LogP) is 2.49. The molecular weight excluding hydrogens is 357 g/mol. The Morgan fingerprint density at radius 3 is 2.73 bits per heavy atom. The van der Waals surface area contributed by atoms with Gasteiger partial charge in [-0.15, -0.1) is 0 Å². The van der Waals surface area contributed by atoms with E-state index in [9.17, 15) is 17.6 Å². The van der Waals surface area contributed by atoms with Crippen LogP contribution in [0.4, 0.5) is 15.9 Å². The zero-order valence-electron chi connectivity index (χ0n) is 14.4. The van der Waals surface area contributed by atoms with E-state index in [0.29, 0.717) is 18.8 Å². The van der Waals surface area contributed by atoms with Crippen molar-refractivity contribution in [1.29, 1.82) is 0 Å². The number of halogens is 1. The van der Waals surface area contributed by atoms with Crippen molar-refractivity contribution in [2.24, 2.45) is 0 Å². The summed E-state index contributed by atoms with van der Waals surface area (Å²) in [6.45, 7) is 2.63. The minimum atomic E-state index is -2.97. The van der Waals surface area contributed by atoms with Gasteiger partial charge in [0.15, 0.2) is 9.84 Å². The zero-order valence-corrected chi connectivity index (χ0v) is 15.2. The lowest BCUT2D eigenvalue weighted by molar-refractivity contribution is 0.102. The van der Waals surface area contributed by atoms with Crippen molar-refractivity contribution in [3.05, 3.63) is 54.0 Å². The van der Waals surface area contributed by atoms with Gasteiger partial charge < -0.3 is 10.2 Å². The molecule has 1 aromatic carbocycles. The Morgan fingerprint density at radius 1 is 1.35 bits per heavy atom. The first-order valence-electron chi connectivity index (χ1n) is 8.38. The van der Waals surface area contributed by atoms with E-state index in [1.165, 1.54) is 18.2 Å². The van der Waals surface area contributed by atoms with Crippen molar-refractivity contribution >= 4 is 27.2 Å². The third kappa shape index (κ3) is 4.19. The highest BCUT2D eigenvalue weighted by atomic mass is 32.2. The van der Waals surface area contributed by atoms with Crippen LogP contribution in [0.5, 0.6) is 0 Å². The van der Waals surface area contributed by atoms with Crippen molar-refractivity contribution in [3.63, 3.8) is 0 Å². The van der Waals surface area contributed by atoms with E-state index in [1.807, 2.05) is 11.8 Å². The van der Waals surface area contributed by atoms with Crippen LogP contribution in [-0.4, -0.2) is 43.4 Å². The Bertz CT molecular complexity index is 900. The van der Waals surface area contributed by atoms with Crippen molar-refractivity contribution in [2.45, 2.75) is 19.4 Å². The summed E-state index contributed by atoms with van der Waals surface area (Å²) in [5, 5.41) is 2.62. The van der Waals surface area contributed by atoms with Crippen LogP contribution in [0.2, 0.25) is 0 Å². The van der Waals surface area contributed by atoms with Crippen molar-refractivity contribution < 1.29 is 17.6 Å². The Kier molecular flexibility index (Phi) is 5.22. The maximum absolute atomic E-state index is 13.2. The molecule has 138 valence electrons. The van der Waals surface area contributed by atoms with Crippen LogP contribution in [0.15, 0.2) is 42.6 Å². The van der Waals surface area contributed by atoms with Crippen LogP contribution in [0.1, 0.15) is 23.7 Å². The SMILES string of the molecule is CCN(c1ccc(NC(=O)c2cccc(F)c2)nc1)C1CCS(=O)(=O)C1. The van der Waals surface area contributed by atoms with Gasteiger partial charge in [-0.1, -0.05) is 6.07 Å². The number of hydrogen-bond donors (Lipinski definition) is 1. The van der Waals surface area contributed by atoms with Gasteiger partial charge in [-0.2, -0.15) is 0 Å². The van der Waals surface area contributed by atoms with Crippen LogP contribution in [0.25, 0.3) is 0 Å². The van der Waals surface area contributed by atoms with Gasteiger partial charge in [0.2, 0.25) is 0 Å². The lowest BCUT2D eigenvalue weighted by atomic mass is 10.2. The molecule has 1 fully saturated rings. The van der Waals surface area contributed by atoms with Gasteiger partial charge in [0.1, 0.15) is 11.6 Å². The summed E-state index contributed by atoms with van der Waals surface area (Å²) in [7, 11) is -2.97. The molecule has 6 nitrogen and oxygen atoms in total. The first-order valence-corrected chi connectivity index (χ1v) is 10.2. The summed E-state index contributed by atoms with van der Waals surface area (Å²) in [4.78, 5) is 18.4. The van der Waals surface area contributed by atoms with Crippen molar-refractivity contribution in [3.8, 4) is 0 Å². The Hall–Kier alpha value is -2.48. The van der Waals surface area contributed by atoms with E-state index < -0.39 is 21.6 Å². The first-order chi connectivity index (χ1) is 12.4. The summed E-state index contributed by atoms with van der Waals surface area (Å²) < 4.78 is 36.6. The molecule has 0 aliphatic carbocycles. The molecule has 1 N–H and O–H groups in total. The highest BCUT2D eigenvalue weighted by Crippen LogP contribution is 2.24. The number of nitrogens with one attached hydrogen (secondary N) is 1. The molecule has 1 saturated heterocycles. The van der Waals surface area contributed by atoms with Crippen LogP contribution < -0.4 is 10.2 Å². The third-order valence-electron chi connectivity index (χ3n) is 4.40. The number of amides is 1. The summed E-state index contributed by atoms with van der Waals surface area (Å²) in [6.07, 6.45) is 2.21. The van der Waals surface area contributed by atoms with Gasteiger partial charge in [0, 0.05) is 18.2 Å². The smallest absolute Gasteiger partial charge is 0.256 e. The molecule has 1 aliphatic rings. The molecule has 26 heavy (non-hydrogen) atoms. The van der Waals surface area contributed by atoms with Gasteiger partial charge in [-0.05, 0) is 43.7 Å². The molecule has 0 radical (unpaired) electrons. The lowest BCUT2D eigenvalue weighted by Crippen LogP contribution is -2.36. The summed E-state index contributed by atoms with van der Waals surface area (Å²) >= 11 is 0. The van der Waals surface area contributed by atoms with Gasteiger partial charge in [-0.3, -0.25) is 4.79 Å². The molecule has 1 aromatic heterocycles. The predicted molar refractivity (Wildman–Crippen MR) is 98.7 cm³/mol. The summed E-state index contributed by atoms with van der Waals surface area (Å²) in [5.41, 5.74) is 1.01. The Balaban J connectivity index is 1.70. The molecule has 2 aromatic rings. The zero-order chi connectivity index (χ0) is 18.7. The van der Waals surface area contributed by atoms with Crippen LogP contribution in [0.3, 0.4) is 0 Å². The number of anilines is 2. The number of nitrogens with zero attached hydrogens (tertiary/aromatic N) is 2. The minimum absolute atomic E-state index is 0.0560. The molecule has 0 saturated carbocycles. The molecule has 1 atom stereocenters. The molecule has 8 heteroatoms. The highest BCUT2D eigenvalue weighted by Gasteiger charge is 2.31.